The van der Waals surface area contributed by atoms with E-state index in [0.717, 1.165) is 10.2 Å². The van der Waals surface area contributed by atoms with Gasteiger partial charge in [0.2, 0.25) is 0 Å². The van der Waals surface area contributed by atoms with Gasteiger partial charge in [-0.05, 0) is 0 Å². The topological polar surface area (TPSA) is 78.6 Å². The second-order valence-electron chi connectivity index (χ2n) is 4.86. The number of ether oxygens (including phenoxy) is 2. The minimum Gasteiger partial charge on any atom is -0.493 e. The highest BCUT2D eigenvalue weighted by Crippen LogP contribution is 2.33. The largest absolute Gasteiger partial charge is 0.493 e. The molecule has 0 radical (unpaired) electrons. The Hall–Kier alpha value is -3.18. The van der Waals surface area contributed by atoms with Crippen LogP contribution >= 0.6 is 11.3 Å². The maximum atomic E-state index is 12.3. The van der Waals surface area contributed by atoms with Crippen LogP contribution in [0.1, 0.15) is 10.5 Å². The monoisotopic (exact) mass is 354 g/mol. The van der Waals surface area contributed by atoms with Gasteiger partial charge in [-0.1, -0.05) is 17.3 Å². The molecule has 1 amide bonds. The Morgan fingerprint density at radius 2 is 2.08 bits per heavy atom. The molecular weight excluding hydrogens is 340 g/mol. The fourth-order valence-electron chi connectivity index (χ4n) is 2.28. The van der Waals surface area contributed by atoms with Gasteiger partial charge in [-0.15, -0.1) is 6.42 Å². The number of rotatable bonds is 4. The number of thiazole rings is 1. The molecule has 0 bridgehead atoms. The van der Waals surface area contributed by atoms with Gasteiger partial charge in [-0.3, -0.25) is 9.78 Å². The molecule has 0 unspecified atom stereocenters. The molecule has 2 heterocycles. The molecule has 0 spiro atoms. The average molecular weight is 354 g/mol. The molecule has 0 aliphatic carbocycles. The number of terminal acetylenes is 1. The summed E-state index contributed by atoms with van der Waals surface area (Å²) in [4.78, 5) is 24.8. The molecule has 8 heteroatoms. The summed E-state index contributed by atoms with van der Waals surface area (Å²) in [5.41, 5.74) is 0.980. The van der Waals surface area contributed by atoms with Crippen LogP contribution in [0, 0.1) is 12.3 Å². The lowest BCUT2D eigenvalue weighted by atomic mass is 10.3. The number of benzene rings is 1. The third-order valence-corrected chi connectivity index (χ3v) is 4.46. The third-order valence-electron chi connectivity index (χ3n) is 3.42. The van der Waals surface area contributed by atoms with E-state index in [1.54, 1.807) is 18.8 Å². The number of carbonyl (C=O) groups is 1. The number of amides is 1. The van der Waals surface area contributed by atoms with Crippen molar-refractivity contribution in [3.05, 3.63) is 41.2 Å². The summed E-state index contributed by atoms with van der Waals surface area (Å²) in [6.45, 7) is 0.266. The van der Waals surface area contributed by atoms with E-state index in [1.165, 1.54) is 29.9 Å². The van der Waals surface area contributed by atoms with Gasteiger partial charge in [0.05, 0.1) is 37.2 Å². The van der Waals surface area contributed by atoms with E-state index in [9.17, 15) is 4.79 Å². The lowest BCUT2D eigenvalue weighted by Gasteiger charge is -2.08. The van der Waals surface area contributed by atoms with E-state index in [2.05, 4.69) is 20.9 Å². The Balaban J connectivity index is 2.21. The van der Waals surface area contributed by atoms with E-state index in [0.29, 0.717) is 16.3 Å². The van der Waals surface area contributed by atoms with Crippen LogP contribution in [0.2, 0.25) is 0 Å². The van der Waals surface area contributed by atoms with E-state index in [-0.39, 0.29) is 12.2 Å². The summed E-state index contributed by atoms with van der Waals surface area (Å²) in [5.74, 6) is 3.27. The van der Waals surface area contributed by atoms with E-state index in [4.69, 9.17) is 15.9 Å². The van der Waals surface area contributed by atoms with E-state index in [1.807, 2.05) is 12.1 Å². The zero-order valence-corrected chi connectivity index (χ0v) is 14.4. The molecule has 2 aromatic heterocycles. The maximum Gasteiger partial charge on any atom is 0.299 e. The van der Waals surface area contributed by atoms with Crippen molar-refractivity contribution >= 4 is 27.5 Å². The van der Waals surface area contributed by atoms with Crippen LogP contribution in [-0.4, -0.2) is 34.7 Å². The summed E-state index contributed by atoms with van der Waals surface area (Å²) in [6, 6.07) is 3.64. The minimum atomic E-state index is -0.482. The summed E-state index contributed by atoms with van der Waals surface area (Å²) >= 11 is 1.33. The van der Waals surface area contributed by atoms with E-state index >= 15 is 0 Å². The Morgan fingerprint density at radius 3 is 2.72 bits per heavy atom. The lowest BCUT2D eigenvalue weighted by molar-refractivity contribution is 0.0993. The minimum absolute atomic E-state index is 0.169. The van der Waals surface area contributed by atoms with Gasteiger partial charge in [0.1, 0.15) is 5.69 Å². The SMILES string of the molecule is C#CCn1c(=NC(=O)c2cnccn2)sc2cc(OC)c(OC)cc21. The van der Waals surface area contributed by atoms with Crippen LogP contribution in [0.3, 0.4) is 0 Å². The Labute approximate surface area is 147 Å². The normalized spacial score (nSPS) is 11.3. The van der Waals surface area contributed by atoms with Crippen LogP contribution in [0.15, 0.2) is 35.7 Å². The lowest BCUT2D eigenvalue weighted by Crippen LogP contribution is -2.17. The summed E-state index contributed by atoms with van der Waals surface area (Å²) < 4.78 is 13.3. The predicted molar refractivity (Wildman–Crippen MR) is 93.7 cm³/mol. The molecule has 25 heavy (non-hydrogen) atoms. The average Bonchev–Trinajstić information content (AvgIpc) is 2.97. The smallest absolute Gasteiger partial charge is 0.299 e. The predicted octanol–water partition coefficient (Wildman–Crippen LogP) is 1.88. The summed E-state index contributed by atoms with van der Waals surface area (Å²) in [5, 5.41) is 0. The molecule has 0 atom stereocenters. The standard InChI is InChI=1S/C17H14N4O3S/c1-4-7-21-12-8-13(23-2)14(24-3)9-15(12)25-17(21)20-16(22)11-10-18-5-6-19-11/h1,5-6,8-10H,7H2,2-3H3. The first-order chi connectivity index (χ1) is 12.2. The first-order valence-electron chi connectivity index (χ1n) is 7.21. The molecule has 3 aromatic rings. The number of aromatic nitrogens is 3. The van der Waals surface area contributed by atoms with Gasteiger partial charge < -0.3 is 14.0 Å². The number of hydrogen-bond acceptors (Lipinski definition) is 6. The fraction of sp³-hybridized carbons (Fsp3) is 0.176. The zero-order valence-electron chi connectivity index (χ0n) is 13.6. The van der Waals surface area contributed by atoms with Crippen LogP contribution in [-0.2, 0) is 6.54 Å². The van der Waals surface area contributed by atoms with Gasteiger partial charge in [-0.25, -0.2) is 4.98 Å². The molecular formula is C17H14N4O3S. The van der Waals surface area contributed by atoms with Crippen molar-refractivity contribution in [2.24, 2.45) is 4.99 Å². The van der Waals surface area contributed by atoms with Crippen molar-refractivity contribution in [2.45, 2.75) is 6.54 Å². The first-order valence-corrected chi connectivity index (χ1v) is 8.03. The molecule has 0 aliphatic heterocycles. The maximum absolute atomic E-state index is 12.3. The van der Waals surface area contributed by atoms with Crippen LogP contribution < -0.4 is 14.3 Å². The Morgan fingerprint density at radius 1 is 1.32 bits per heavy atom. The van der Waals surface area contributed by atoms with Crippen molar-refractivity contribution in [1.82, 2.24) is 14.5 Å². The van der Waals surface area contributed by atoms with Crippen molar-refractivity contribution in [1.29, 1.82) is 0 Å². The second-order valence-corrected chi connectivity index (χ2v) is 5.87. The van der Waals surface area contributed by atoms with Crippen LogP contribution in [0.5, 0.6) is 11.5 Å². The summed E-state index contributed by atoms with van der Waals surface area (Å²) in [7, 11) is 3.13. The fourth-order valence-corrected chi connectivity index (χ4v) is 3.32. The Kier molecular flexibility index (Phi) is 4.77. The first kappa shape index (κ1) is 16.7. The van der Waals surface area contributed by atoms with E-state index < -0.39 is 5.91 Å². The molecule has 0 N–H and O–H groups in total. The molecule has 7 nitrogen and oxygen atoms in total. The highest BCUT2D eigenvalue weighted by Gasteiger charge is 2.13. The van der Waals surface area contributed by atoms with Crippen molar-refractivity contribution in [3.8, 4) is 23.8 Å². The van der Waals surface area contributed by atoms with Gasteiger partial charge in [0, 0.05) is 24.5 Å². The highest BCUT2D eigenvalue weighted by molar-refractivity contribution is 7.16. The molecule has 3 rings (SSSR count). The van der Waals surface area contributed by atoms with Crippen LogP contribution in [0.25, 0.3) is 10.2 Å². The molecule has 0 saturated carbocycles. The highest BCUT2D eigenvalue weighted by atomic mass is 32.1. The zero-order chi connectivity index (χ0) is 17.8. The number of methoxy groups -OCH3 is 2. The molecule has 126 valence electrons. The molecule has 1 aromatic carbocycles. The van der Waals surface area contributed by atoms with Crippen molar-refractivity contribution in [3.63, 3.8) is 0 Å². The number of hydrogen-bond donors (Lipinski definition) is 0. The number of fused-ring (bicyclic) bond motifs is 1. The third kappa shape index (κ3) is 3.22. The molecule has 0 aliphatic rings. The number of carbonyl (C=O) groups excluding carboxylic acids is 1. The van der Waals surface area contributed by atoms with Crippen LogP contribution in [0.4, 0.5) is 0 Å². The van der Waals surface area contributed by atoms with Gasteiger partial charge in [-0.2, -0.15) is 4.99 Å². The van der Waals surface area contributed by atoms with Crippen molar-refractivity contribution < 1.29 is 14.3 Å². The molecule has 0 fully saturated rings. The van der Waals surface area contributed by atoms with Crippen molar-refractivity contribution in [2.75, 3.05) is 14.2 Å². The quantitative estimate of drug-likeness (QED) is 0.669. The van der Waals surface area contributed by atoms with Gasteiger partial charge in [0.15, 0.2) is 16.3 Å². The summed E-state index contributed by atoms with van der Waals surface area (Å²) in [6.07, 6.45) is 9.79. The Bertz CT molecular complexity index is 1030. The second kappa shape index (κ2) is 7.15. The van der Waals surface area contributed by atoms with Gasteiger partial charge in [0.25, 0.3) is 5.91 Å². The number of nitrogens with zero attached hydrogens (tertiary/aromatic N) is 4. The molecule has 0 saturated heterocycles. The van der Waals surface area contributed by atoms with Gasteiger partial charge >= 0.3 is 0 Å².